The Kier molecular flexibility index (Phi) is 5.85. The number of nitrogens with zero attached hydrogens (tertiary/aromatic N) is 3. The van der Waals surface area contributed by atoms with E-state index in [0.29, 0.717) is 6.42 Å². The van der Waals surface area contributed by atoms with Crippen LogP contribution in [-0.4, -0.2) is 69.0 Å². The Hall–Kier alpha value is -2.59. The number of aliphatic hydroxyl groups is 2. The minimum Gasteiger partial charge on any atom is -0.387 e. The average Bonchev–Trinajstić information content (AvgIpc) is 3.15. The van der Waals surface area contributed by atoms with Crippen LogP contribution in [0.3, 0.4) is 0 Å². The SMILES string of the molecule is CCCC(=O)NS(=O)(=O)OCC1OC(n2cnc3c(=O)[nH]c(N)nc32)C(O)C1O. The van der Waals surface area contributed by atoms with Crippen LogP contribution in [0.4, 0.5) is 5.95 Å². The number of ether oxygens (including phenoxy) is 1. The molecule has 1 aliphatic rings. The Labute approximate surface area is 163 Å². The van der Waals surface area contributed by atoms with Gasteiger partial charge in [0.25, 0.3) is 5.56 Å². The molecule has 15 heteroatoms. The summed E-state index contributed by atoms with van der Waals surface area (Å²) in [7, 11) is -4.41. The molecule has 1 fully saturated rings. The maximum absolute atomic E-state index is 11.9. The zero-order valence-corrected chi connectivity index (χ0v) is 16.0. The number of H-pyrrole nitrogens is 1. The molecule has 0 spiro atoms. The molecule has 1 amide bonds. The van der Waals surface area contributed by atoms with E-state index in [9.17, 15) is 28.2 Å². The first-order chi connectivity index (χ1) is 13.6. The third-order valence-corrected chi connectivity index (χ3v) is 5.09. The Morgan fingerprint density at radius 3 is 2.86 bits per heavy atom. The number of fused-ring (bicyclic) bond motifs is 1. The number of anilines is 1. The van der Waals surface area contributed by atoms with Crippen LogP contribution in [0, 0.1) is 0 Å². The van der Waals surface area contributed by atoms with E-state index in [2.05, 4.69) is 19.1 Å². The second-order valence-corrected chi connectivity index (χ2v) is 7.68. The van der Waals surface area contributed by atoms with Crippen LogP contribution in [0.5, 0.6) is 0 Å². The molecule has 6 N–H and O–H groups in total. The third-order valence-electron chi connectivity index (χ3n) is 4.17. The van der Waals surface area contributed by atoms with Crippen molar-refractivity contribution < 1.29 is 32.3 Å². The maximum atomic E-state index is 11.9. The Bertz CT molecular complexity index is 1070. The zero-order chi connectivity index (χ0) is 21.3. The Balaban J connectivity index is 1.74. The number of imidazole rings is 1. The van der Waals surface area contributed by atoms with Gasteiger partial charge in [-0.15, -0.1) is 0 Å². The van der Waals surface area contributed by atoms with E-state index in [1.54, 1.807) is 11.6 Å². The number of nitrogens with two attached hydrogens (primary N) is 1. The molecule has 0 bridgehead atoms. The van der Waals surface area contributed by atoms with Gasteiger partial charge in [0, 0.05) is 6.42 Å². The highest BCUT2D eigenvalue weighted by atomic mass is 32.2. The minimum atomic E-state index is -4.41. The smallest absolute Gasteiger partial charge is 0.362 e. The topological polar surface area (TPSA) is 212 Å². The summed E-state index contributed by atoms with van der Waals surface area (Å²) in [4.78, 5) is 33.4. The molecule has 0 aliphatic carbocycles. The van der Waals surface area contributed by atoms with E-state index in [1.807, 2.05) is 0 Å². The Morgan fingerprint density at radius 1 is 1.45 bits per heavy atom. The first-order valence-corrected chi connectivity index (χ1v) is 9.97. The van der Waals surface area contributed by atoms with Crippen LogP contribution in [0.25, 0.3) is 11.2 Å². The number of carbonyl (C=O) groups is 1. The lowest BCUT2D eigenvalue weighted by atomic mass is 10.1. The number of hydrogen-bond donors (Lipinski definition) is 5. The summed E-state index contributed by atoms with van der Waals surface area (Å²) in [5, 5.41) is 20.5. The molecule has 4 unspecified atom stereocenters. The van der Waals surface area contributed by atoms with Crippen LogP contribution >= 0.6 is 0 Å². The predicted octanol–water partition coefficient (Wildman–Crippen LogP) is -2.50. The summed E-state index contributed by atoms with van der Waals surface area (Å²) in [5.41, 5.74) is 4.85. The van der Waals surface area contributed by atoms with Crippen molar-refractivity contribution in [2.75, 3.05) is 12.3 Å². The van der Waals surface area contributed by atoms with Crippen LogP contribution in [-0.2, 0) is 24.0 Å². The Morgan fingerprint density at radius 2 is 2.17 bits per heavy atom. The fourth-order valence-electron chi connectivity index (χ4n) is 2.83. The molecule has 2 aromatic heterocycles. The highest BCUT2D eigenvalue weighted by Gasteiger charge is 2.45. The van der Waals surface area contributed by atoms with Crippen molar-refractivity contribution in [3.8, 4) is 0 Å². The minimum absolute atomic E-state index is 0.00326. The van der Waals surface area contributed by atoms with Crippen molar-refractivity contribution in [1.82, 2.24) is 24.2 Å². The highest BCUT2D eigenvalue weighted by molar-refractivity contribution is 7.85. The van der Waals surface area contributed by atoms with Crippen molar-refractivity contribution in [3.05, 3.63) is 16.7 Å². The molecule has 3 rings (SSSR count). The monoisotopic (exact) mass is 432 g/mol. The molecule has 3 heterocycles. The molecule has 1 saturated heterocycles. The number of nitrogens with one attached hydrogen (secondary N) is 2. The van der Waals surface area contributed by atoms with E-state index >= 15 is 0 Å². The summed E-state index contributed by atoms with van der Waals surface area (Å²) >= 11 is 0. The molecule has 0 saturated carbocycles. The van der Waals surface area contributed by atoms with Crippen LogP contribution in [0.2, 0.25) is 0 Å². The van der Waals surface area contributed by atoms with E-state index < -0.39 is 52.9 Å². The van der Waals surface area contributed by atoms with Crippen molar-refractivity contribution in [1.29, 1.82) is 0 Å². The van der Waals surface area contributed by atoms with Gasteiger partial charge < -0.3 is 20.7 Å². The van der Waals surface area contributed by atoms with Gasteiger partial charge in [0.1, 0.15) is 18.3 Å². The lowest BCUT2D eigenvalue weighted by molar-refractivity contribution is -0.119. The lowest BCUT2D eigenvalue weighted by Crippen LogP contribution is -2.37. The summed E-state index contributed by atoms with van der Waals surface area (Å²) in [6, 6.07) is 0. The van der Waals surface area contributed by atoms with Gasteiger partial charge in [-0.2, -0.15) is 13.4 Å². The van der Waals surface area contributed by atoms with E-state index in [-0.39, 0.29) is 23.5 Å². The van der Waals surface area contributed by atoms with E-state index in [0.717, 1.165) is 6.33 Å². The average molecular weight is 432 g/mol. The summed E-state index contributed by atoms with van der Waals surface area (Å²) in [6.45, 7) is 1.03. The van der Waals surface area contributed by atoms with E-state index in [4.69, 9.17) is 10.5 Å². The van der Waals surface area contributed by atoms with Gasteiger partial charge in [-0.05, 0) is 6.42 Å². The van der Waals surface area contributed by atoms with Gasteiger partial charge in [0.2, 0.25) is 11.9 Å². The van der Waals surface area contributed by atoms with Gasteiger partial charge >= 0.3 is 10.3 Å². The molecule has 29 heavy (non-hydrogen) atoms. The quantitative estimate of drug-likeness (QED) is 0.308. The number of aromatic nitrogens is 4. The first-order valence-electron chi connectivity index (χ1n) is 8.57. The van der Waals surface area contributed by atoms with Crippen molar-refractivity contribution in [2.45, 2.75) is 44.3 Å². The summed E-state index contributed by atoms with van der Waals surface area (Å²) < 4.78 is 36.6. The summed E-state index contributed by atoms with van der Waals surface area (Å²) in [6.07, 6.45) is -3.94. The lowest BCUT2D eigenvalue weighted by Gasteiger charge is -2.16. The number of carbonyl (C=O) groups excluding carboxylic acids is 1. The standard InChI is InChI=1S/C14H20N6O8S/c1-2-3-7(21)19-29(25,26)27-4-6-9(22)10(23)13(28-6)20-5-16-8-11(20)17-14(15)18-12(8)24/h5-6,9-10,13,22-23H,2-4H2,1H3,(H,19,21)(H3,15,17,18,24). The van der Waals surface area contributed by atoms with Crippen LogP contribution in [0.15, 0.2) is 11.1 Å². The fraction of sp³-hybridized carbons (Fsp3) is 0.571. The molecular formula is C14H20N6O8S. The molecule has 0 aromatic carbocycles. The number of aliphatic hydroxyl groups excluding tert-OH is 2. The van der Waals surface area contributed by atoms with Crippen molar-refractivity contribution in [3.63, 3.8) is 0 Å². The fourth-order valence-corrected chi connectivity index (χ4v) is 3.58. The number of rotatable bonds is 7. The predicted molar refractivity (Wildman–Crippen MR) is 96.4 cm³/mol. The van der Waals surface area contributed by atoms with Gasteiger partial charge in [0.05, 0.1) is 12.9 Å². The van der Waals surface area contributed by atoms with Crippen molar-refractivity contribution in [2.24, 2.45) is 0 Å². The molecule has 0 radical (unpaired) electrons. The second-order valence-electron chi connectivity index (χ2n) is 6.34. The molecule has 4 atom stereocenters. The molecule has 1 aliphatic heterocycles. The molecule has 160 valence electrons. The highest BCUT2D eigenvalue weighted by Crippen LogP contribution is 2.31. The van der Waals surface area contributed by atoms with E-state index in [1.165, 1.54) is 4.57 Å². The molecule has 2 aromatic rings. The van der Waals surface area contributed by atoms with Gasteiger partial charge in [-0.1, -0.05) is 6.92 Å². The molecular weight excluding hydrogens is 412 g/mol. The number of hydrogen-bond acceptors (Lipinski definition) is 11. The largest absolute Gasteiger partial charge is 0.387 e. The van der Waals surface area contributed by atoms with Gasteiger partial charge in [-0.25, -0.2) is 9.71 Å². The number of amides is 1. The van der Waals surface area contributed by atoms with Gasteiger partial charge in [-0.3, -0.25) is 23.3 Å². The summed E-state index contributed by atoms with van der Waals surface area (Å²) in [5.74, 6) is -0.928. The molecule has 14 nitrogen and oxygen atoms in total. The zero-order valence-electron chi connectivity index (χ0n) is 15.2. The third kappa shape index (κ3) is 4.38. The van der Waals surface area contributed by atoms with Gasteiger partial charge in [0.15, 0.2) is 17.4 Å². The first kappa shape index (κ1) is 21.1. The van der Waals surface area contributed by atoms with Crippen molar-refractivity contribution >= 4 is 33.3 Å². The second kappa shape index (κ2) is 8.03. The number of aromatic amines is 1. The maximum Gasteiger partial charge on any atom is 0.362 e. The van der Waals surface area contributed by atoms with Crippen LogP contribution in [0.1, 0.15) is 26.0 Å². The number of nitrogen functional groups attached to an aromatic ring is 1. The normalized spacial score (nSPS) is 24.8. The van der Waals surface area contributed by atoms with Crippen LogP contribution < -0.4 is 16.0 Å².